The zero-order valence-electron chi connectivity index (χ0n) is 19.1. The summed E-state index contributed by atoms with van der Waals surface area (Å²) in [4.78, 5) is 24.6. The van der Waals surface area contributed by atoms with Gasteiger partial charge in [-0.3, -0.25) is 4.79 Å². The monoisotopic (exact) mass is 430 g/mol. The lowest BCUT2D eigenvalue weighted by Crippen LogP contribution is -2.12. The van der Waals surface area contributed by atoms with Crippen LogP contribution in [0.15, 0.2) is 71.8 Å². The van der Waals surface area contributed by atoms with Crippen molar-refractivity contribution in [3.8, 4) is 5.75 Å². The Balaban J connectivity index is 2.36. The normalized spacial score (nSPS) is 17.0. The molecule has 1 aliphatic carbocycles. The fraction of sp³-hybridized carbons (Fsp3) is 0.286. The van der Waals surface area contributed by atoms with Gasteiger partial charge in [-0.05, 0) is 82.9 Å². The molecule has 2 aromatic rings. The van der Waals surface area contributed by atoms with E-state index in [2.05, 4.69) is 13.8 Å². The van der Waals surface area contributed by atoms with Crippen LogP contribution in [0.3, 0.4) is 0 Å². The molecular formula is C28H30O4. The second-order valence-electron chi connectivity index (χ2n) is 8.37. The number of carboxylic acids is 1. The summed E-state index contributed by atoms with van der Waals surface area (Å²) in [7, 11) is 0. The second-order valence-corrected chi connectivity index (χ2v) is 8.37. The molecule has 1 aliphatic rings. The van der Waals surface area contributed by atoms with E-state index in [1.807, 2.05) is 38.1 Å². The summed E-state index contributed by atoms with van der Waals surface area (Å²) >= 11 is 0. The van der Waals surface area contributed by atoms with Gasteiger partial charge in [-0.25, -0.2) is 4.79 Å². The van der Waals surface area contributed by atoms with E-state index in [0.717, 1.165) is 40.7 Å². The van der Waals surface area contributed by atoms with Gasteiger partial charge in [0.2, 0.25) is 0 Å². The van der Waals surface area contributed by atoms with Gasteiger partial charge >= 0.3 is 5.97 Å². The average Bonchev–Trinajstić information content (AvgIpc) is 2.80. The Bertz CT molecular complexity index is 1130. The highest BCUT2D eigenvalue weighted by Crippen LogP contribution is 2.37. The number of carboxylic acid groups (broad SMARTS) is 1. The van der Waals surface area contributed by atoms with Crippen LogP contribution in [0.4, 0.5) is 0 Å². The number of allylic oxidation sites excluding steroid dienone is 5. The number of aromatic carboxylic acids is 1. The van der Waals surface area contributed by atoms with Crippen molar-refractivity contribution < 1.29 is 19.8 Å². The summed E-state index contributed by atoms with van der Waals surface area (Å²) in [6.07, 6.45) is 6.91. The third kappa shape index (κ3) is 4.59. The second kappa shape index (κ2) is 9.82. The van der Waals surface area contributed by atoms with E-state index in [-0.39, 0.29) is 28.9 Å². The predicted molar refractivity (Wildman–Crippen MR) is 128 cm³/mol. The predicted octanol–water partition coefficient (Wildman–Crippen LogP) is 6.52. The summed E-state index contributed by atoms with van der Waals surface area (Å²) in [5.74, 6) is -0.565. The van der Waals surface area contributed by atoms with Gasteiger partial charge in [0.25, 0.3) is 0 Å². The molecule has 0 saturated heterocycles. The summed E-state index contributed by atoms with van der Waals surface area (Å²) in [5, 5.41) is 20.3. The molecule has 3 rings (SSSR count). The molecule has 32 heavy (non-hydrogen) atoms. The van der Waals surface area contributed by atoms with Crippen LogP contribution in [-0.2, 0) is 4.79 Å². The molecule has 0 amide bonds. The van der Waals surface area contributed by atoms with Crippen LogP contribution in [0.5, 0.6) is 5.75 Å². The number of phenolic OH excluding ortho intramolecular Hbond substituents is 1. The maximum absolute atomic E-state index is 12.5. The van der Waals surface area contributed by atoms with Crippen LogP contribution in [-0.4, -0.2) is 22.0 Å². The number of rotatable bonds is 7. The Morgan fingerprint density at radius 3 is 2.22 bits per heavy atom. The van der Waals surface area contributed by atoms with Gasteiger partial charge < -0.3 is 10.2 Å². The molecule has 2 aromatic carbocycles. The van der Waals surface area contributed by atoms with Crippen molar-refractivity contribution in [2.24, 2.45) is 5.92 Å². The Morgan fingerprint density at radius 2 is 1.59 bits per heavy atom. The molecule has 0 aromatic heterocycles. The number of carbonyl (C=O) groups is 2. The highest BCUT2D eigenvalue weighted by Gasteiger charge is 2.23. The minimum absolute atomic E-state index is 0.0139. The number of benzene rings is 2. The van der Waals surface area contributed by atoms with Gasteiger partial charge in [0.05, 0.1) is 5.56 Å². The lowest BCUT2D eigenvalue weighted by Gasteiger charge is -2.21. The van der Waals surface area contributed by atoms with Crippen molar-refractivity contribution in [1.82, 2.24) is 0 Å². The fourth-order valence-corrected chi connectivity index (χ4v) is 4.00. The number of phenols is 1. The first-order valence-electron chi connectivity index (χ1n) is 11.1. The minimum atomic E-state index is -1.01. The van der Waals surface area contributed by atoms with Crippen LogP contribution in [0.1, 0.15) is 73.5 Å². The van der Waals surface area contributed by atoms with Gasteiger partial charge in [0.15, 0.2) is 5.78 Å². The molecule has 2 unspecified atom stereocenters. The molecule has 0 saturated carbocycles. The molecule has 0 bridgehead atoms. The largest absolute Gasteiger partial charge is 0.508 e. The molecule has 2 atom stereocenters. The van der Waals surface area contributed by atoms with E-state index in [4.69, 9.17) is 0 Å². The summed E-state index contributed by atoms with van der Waals surface area (Å²) in [5.41, 5.74) is 4.63. The first kappa shape index (κ1) is 23.3. The summed E-state index contributed by atoms with van der Waals surface area (Å²) in [6, 6.07) is 12.3. The highest BCUT2D eigenvalue weighted by atomic mass is 16.4. The van der Waals surface area contributed by atoms with Crippen molar-refractivity contribution in [1.29, 1.82) is 0 Å². The molecule has 0 radical (unpaired) electrons. The number of ketones is 1. The lowest BCUT2D eigenvalue weighted by molar-refractivity contribution is -0.111. The Kier molecular flexibility index (Phi) is 7.14. The highest BCUT2D eigenvalue weighted by molar-refractivity contribution is 6.08. The molecule has 2 N–H and O–H groups in total. The Labute approximate surface area is 189 Å². The van der Waals surface area contributed by atoms with E-state index in [9.17, 15) is 19.8 Å². The van der Waals surface area contributed by atoms with E-state index < -0.39 is 5.97 Å². The van der Waals surface area contributed by atoms with Crippen LogP contribution in [0.2, 0.25) is 0 Å². The van der Waals surface area contributed by atoms with Gasteiger partial charge in [0.1, 0.15) is 5.75 Å². The van der Waals surface area contributed by atoms with E-state index in [0.29, 0.717) is 5.56 Å². The zero-order valence-corrected chi connectivity index (χ0v) is 19.1. The maximum atomic E-state index is 12.5. The van der Waals surface area contributed by atoms with Gasteiger partial charge in [-0.15, -0.1) is 0 Å². The molecule has 0 spiro atoms. The molecular weight excluding hydrogens is 400 g/mol. The Morgan fingerprint density at radius 1 is 0.938 bits per heavy atom. The average molecular weight is 431 g/mol. The van der Waals surface area contributed by atoms with E-state index >= 15 is 0 Å². The standard InChI is InChI=1S/C28H30O4/c1-5-17(3)23-15-19(11-13-25(23)29)27(21-9-7-8-10-22(21)28(31)32)20-12-14-26(30)24(16-20)18(4)6-2/h7-18,29H,5-6H2,1-4H3,(H,31,32). The third-order valence-electron chi connectivity index (χ3n) is 6.33. The van der Waals surface area contributed by atoms with Crippen molar-refractivity contribution in [2.45, 2.75) is 46.5 Å². The summed E-state index contributed by atoms with van der Waals surface area (Å²) < 4.78 is 0. The van der Waals surface area contributed by atoms with Crippen LogP contribution < -0.4 is 0 Å². The van der Waals surface area contributed by atoms with Crippen molar-refractivity contribution >= 4 is 17.3 Å². The number of hydrogen-bond acceptors (Lipinski definition) is 3. The maximum Gasteiger partial charge on any atom is 0.336 e. The molecule has 4 heteroatoms. The topological polar surface area (TPSA) is 74.6 Å². The van der Waals surface area contributed by atoms with Gasteiger partial charge in [-0.2, -0.15) is 0 Å². The van der Waals surface area contributed by atoms with Gasteiger partial charge in [-0.1, -0.05) is 58.0 Å². The first-order valence-corrected chi connectivity index (χ1v) is 11.1. The number of aromatic hydroxyl groups is 1. The van der Waals surface area contributed by atoms with Crippen LogP contribution in [0, 0.1) is 5.92 Å². The van der Waals surface area contributed by atoms with Crippen molar-refractivity contribution in [2.75, 3.05) is 0 Å². The number of carbonyl (C=O) groups excluding carboxylic acids is 1. The summed E-state index contributed by atoms with van der Waals surface area (Å²) in [6.45, 7) is 8.18. The molecule has 0 fully saturated rings. The smallest absolute Gasteiger partial charge is 0.336 e. The Hall–Kier alpha value is -3.40. The number of hydrogen-bond donors (Lipinski definition) is 2. The fourth-order valence-electron chi connectivity index (χ4n) is 4.00. The molecule has 0 aliphatic heterocycles. The van der Waals surface area contributed by atoms with Crippen LogP contribution in [0.25, 0.3) is 5.57 Å². The van der Waals surface area contributed by atoms with E-state index in [1.54, 1.807) is 36.4 Å². The SMILES string of the molecule is CCC(C)C1=CC(=C(c2ccc(O)c(C(C)CC)c2)c2ccccc2C(=O)O)C=CC1=O. The van der Waals surface area contributed by atoms with E-state index in [1.165, 1.54) is 0 Å². The molecule has 166 valence electrons. The minimum Gasteiger partial charge on any atom is -0.508 e. The third-order valence-corrected chi connectivity index (χ3v) is 6.33. The quantitative estimate of drug-likeness (QED) is 0.524. The molecule has 4 nitrogen and oxygen atoms in total. The van der Waals surface area contributed by atoms with Crippen molar-refractivity contribution in [3.05, 3.63) is 94.1 Å². The van der Waals surface area contributed by atoms with Crippen molar-refractivity contribution in [3.63, 3.8) is 0 Å². The van der Waals surface area contributed by atoms with Gasteiger partial charge in [0, 0.05) is 5.57 Å². The van der Waals surface area contributed by atoms with Crippen LogP contribution >= 0.6 is 0 Å². The lowest BCUT2D eigenvalue weighted by atomic mass is 9.83. The first-order chi connectivity index (χ1) is 15.3. The molecule has 0 heterocycles. The zero-order chi connectivity index (χ0) is 23.4.